The fraction of sp³-hybridized carbons (Fsp3) is 0.667. The number of alkyl halides is 3. The fourth-order valence-electron chi connectivity index (χ4n) is 2.78. The lowest BCUT2D eigenvalue weighted by molar-refractivity contribution is -0.175. The highest BCUT2D eigenvalue weighted by atomic mass is 19.4. The van der Waals surface area contributed by atoms with E-state index >= 15 is 0 Å². The highest BCUT2D eigenvalue weighted by molar-refractivity contribution is 5.30. The second-order valence-electron chi connectivity index (χ2n) is 5.38. The molecular weight excluding hydrogens is 281 g/mol. The maximum atomic E-state index is 12.2. The number of hydrogen-bond acceptors (Lipinski definition) is 3. The molecule has 0 spiro atoms. The van der Waals surface area contributed by atoms with Crippen molar-refractivity contribution >= 4 is 0 Å². The summed E-state index contributed by atoms with van der Waals surface area (Å²) in [5, 5.41) is 3.31. The molecule has 0 fully saturated rings. The Bertz CT molecular complexity index is 451. The normalized spacial score (nSPS) is 19.5. The standard InChI is InChI=1S/C15H21F3N2O/c1-2-7-19-13(9-21-10-15(16,17)18)12-6-5-11-4-3-8-20-14(11)12/h3-4,8,12-13,19H,2,5-7,9-10H2,1H3. The van der Waals surface area contributed by atoms with Crippen molar-refractivity contribution < 1.29 is 17.9 Å². The molecule has 0 saturated carbocycles. The maximum Gasteiger partial charge on any atom is 0.411 e. The number of pyridine rings is 1. The number of hydrogen-bond donors (Lipinski definition) is 1. The van der Waals surface area contributed by atoms with Crippen LogP contribution in [0.1, 0.15) is 36.9 Å². The molecule has 2 atom stereocenters. The Morgan fingerprint density at radius 3 is 3.00 bits per heavy atom. The average Bonchev–Trinajstić information content (AvgIpc) is 2.85. The number of rotatable bonds is 7. The van der Waals surface area contributed by atoms with Gasteiger partial charge in [-0.2, -0.15) is 13.2 Å². The van der Waals surface area contributed by atoms with Gasteiger partial charge in [0.05, 0.1) is 6.61 Å². The Morgan fingerprint density at radius 2 is 2.29 bits per heavy atom. The monoisotopic (exact) mass is 302 g/mol. The smallest absolute Gasteiger partial charge is 0.370 e. The molecule has 21 heavy (non-hydrogen) atoms. The van der Waals surface area contributed by atoms with Crippen LogP contribution in [0.15, 0.2) is 18.3 Å². The molecular formula is C15H21F3N2O. The lowest BCUT2D eigenvalue weighted by Gasteiger charge is -2.25. The van der Waals surface area contributed by atoms with Crippen LogP contribution in [0, 0.1) is 0 Å². The topological polar surface area (TPSA) is 34.1 Å². The largest absolute Gasteiger partial charge is 0.411 e. The number of fused-ring (bicyclic) bond motifs is 1. The summed E-state index contributed by atoms with van der Waals surface area (Å²) in [6.07, 6.45) is 0.226. The number of halogens is 3. The predicted octanol–water partition coefficient (Wildman–Crippen LogP) is 3.06. The molecule has 0 radical (unpaired) electrons. The molecule has 0 amide bonds. The van der Waals surface area contributed by atoms with Crippen LogP contribution < -0.4 is 5.32 Å². The summed E-state index contributed by atoms with van der Waals surface area (Å²) >= 11 is 0. The Labute approximate surface area is 122 Å². The Hall–Kier alpha value is -1.14. The third-order valence-corrected chi connectivity index (χ3v) is 3.71. The summed E-state index contributed by atoms with van der Waals surface area (Å²) in [4.78, 5) is 4.41. The Morgan fingerprint density at radius 1 is 1.48 bits per heavy atom. The summed E-state index contributed by atoms with van der Waals surface area (Å²) in [6.45, 7) is 1.65. The first-order valence-corrected chi connectivity index (χ1v) is 7.33. The van der Waals surface area contributed by atoms with E-state index in [0.29, 0.717) is 0 Å². The van der Waals surface area contributed by atoms with Gasteiger partial charge < -0.3 is 10.1 Å². The van der Waals surface area contributed by atoms with Gasteiger partial charge >= 0.3 is 6.18 Å². The van der Waals surface area contributed by atoms with E-state index in [0.717, 1.165) is 31.5 Å². The van der Waals surface area contributed by atoms with Crippen molar-refractivity contribution in [2.45, 2.75) is 44.3 Å². The maximum absolute atomic E-state index is 12.2. The quantitative estimate of drug-likeness (QED) is 0.840. The van der Waals surface area contributed by atoms with Crippen LogP contribution in [-0.2, 0) is 11.2 Å². The van der Waals surface area contributed by atoms with Gasteiger partial charge in [-0.15, -0.1) is 0 Å². The van der Waals surface area contributed by atoms with E-state index in [1.807, 2.05) is 19.1 Å². The first-order chi connectivity index (χ1) is 10.0. The lowest BCUT2D eigenvalue weighted by atomic mass is 9.97. The fourth-order valence-corrected chi connectivity index (χ4v) is 2.78. The number of nitrogens with one attached hydrogen (secondary N) is 1. The van der Waals surface area contributed by atoms with E-state index in [1.54, 1.807) is 6.20 Å². The van der Waals surface area contributed by atoms with E-state index in [9.17, 15) is 13.2 Å². The van der Waals surface area contributed by atoms with Crippen molar-refractivity contribution in [1.82, 2.24) is 10.3 Å². The minimum absolute atomic E-state index is 0.0557. The summed E-state index contributed by atoms with van der Waals surface area (Å²) in [5.74, 6) is 0.126. The van der Waals surface area contributed by atoms with Crippen LogP contribution in [0.5, 0.6) is 0 Å². The van der Waals surface area contributed by atoms with Crippen molar-refractivity contribution in [2.24, 2.45) is 0 Å². The number of aromatic nitrogens is 1. The van der Waals surface area contributed by atoms with Crippen LogP contribution in [-0.4, -0.2) is 37.0 Å². The summed E-state index contributed by atoms with van der Waals surface area (Å²) < 4.78 is 41.5. The minimum Gasteiger partial charge on any atom is -0.370 e. The van der Waals surface area contributed by atoms with E-state index < -0.39 is 12.8 Å². The molecule has 1 aromatic heterocycles. The van der Waals surface area contributed by atoms with E-state index in [1.165, 1.54) is 5.56 Å². The van der Waals surface area contributed by atoms with Crippen molar-refractivity contribution in [3.63, 3.8) is 0 Å². The van der Waals surface area contributed by atoms with Gasteiger partial charge in [0.15, 0.2) is 0 Å². The van der Waals surface area contributed by atoms with E-state index in [2.05, 4.69) is 10.3 Å². The molecule has 0 bridgehead atoms. The van der Waals surface area contributed by atoms with Gasteiger partial charge in [-0.05, 0) is 37.4 Å². The van der Waals surface area contributed by atoms with Crippen LogP contribution in [0.4, 0.5) is 13.2 Å². The molecule has 118 valence electrons. The second-order valence-corrected chi connectivity index (χ2v) is 5.38. The van der Waals surface area contributed by atoms with Gasteiger partial charge in [0.1, 0.15) is 6.61 Å². The molecule has 1 heterocycles. The van der Waals surface area contributed by atoms with Gasteiger partial charge in [-0.3, -0.25) is 4.98 Å². The van der Waals surface area contributed by atoms with Gasteiger partial charge in [0.25, 0.3) is 0 Å². The molecule has 1 aliphatic carbocycles. The first-order valence-electron chi connectivity index (χ1n) is 7.33. The zero-order valence-electron chi connectivity index (χ0n) is 12.1. The first kappa shape index (κ1) is 16.2. The molecule has 6 heteroatoms. The third kappa shape index (κ3) is 4.68. The molecule has 0 aromatic carbocycles. The molecule has 1 aromatic rings. The SMILES string of the molecule is CCCNC(COCC(F)(F)F)C1CCc2cccnc21. The van der Waals surface area contributed by atoms with Crippen LogP contribution in [0.3, 0.4) is 0 Å². The summed E-state index contributed by atoms with van der Waals surface area (Å²) in [7, 11) is 0. The number of nitrogens with zero attached hydrogens (tertiary/aromatic N) is 1. The van der Waals surface area contributed by atoms with Gasteiger partial charge in [0, 0.05) is 23.9 Å². The van der Waals surface area contributed by atoms with E-state index in [-0.39, 0.29) is 18.6 Å². The molecule has 1 N–H and O–H groups in total. The van der Waals surface area contributed by atoms with Gasteiger partial charge in [-0.25, -0.2) is 0 Å². The molecule has 2 unspecified atom stereocenters. The van der Waals surface area contributed by atoms with Gasteiger partial charge in [0.2, 0.25) is 0 Å². The Balaban J connectivity index is 1.99. The number of ether oxygens (including phenoxy) is 1. The summed E-state index contributed by atoms with van der Waals surface area (Å²) in [6, 6.07) is 3.81. The average molecular weight is 302 g/mol. The van der Waals surface area contributed by atoms with Crippen LogP contribution in [0.25, 0.3) is 0 Å². The summed E-state index contributed by atoms with van der Waals surface area (Å²) in [5.41, 5.74) is 2.20. The van der Waals surface area contributed by atoms with Crippen molar-refractivity contribution in [3.05, 3.63) is 29.6 Å². The van der Waals surface area contributed by atoms with Crippen molar-refractivity contribution in [3.8, 4) is 0 Å². The second kappa shape index (κ2) is 7.22. The van der Waals surface area contributed by atoms with Crippen molar-refractivity contribution in [2.75, 3.05) is 19.8 Å². The highest BCUT2D eigenvalue weighted by Gasteiger charge is 2.32. The number of aryl methyl sites for hydroxylation is 1. The van der Waals surface area contributed by atoms with Crippen LogP contribution >= 0.6 is 0 Å². The molecule has 2 rings (SSSR count). The molecule has 0 saturated heterocycles. The van der Waals surface area contributed by atoms with Crippen LogP contribution in [0.2, 0.25) is 0 Å². The zero-order valence-corrected chi connectivity index (χ0v) is 12.1. The molecule has 1 aliphatic rings. The Kier molecular flexibility index (Phi) is 5.58. The lowest BCUT2D eigenvalue weighted by Crippen LogP contribution is -2.39. The third-order valence-electron chi connectivity index (χ3n) is 3.71. The molecule has 3 nitrogen and oxygen atoms in total. The highest BCUT2D eigenvalue weighted by Crippen LogP contribution is 2.34. The minimum atomic E-state index is -4.28. The zero-order chi connectivity index (χ0) is 15.3. The van der Waals surface area contributed by atoms with Crippen molar-refractivity contribution in [1.29, 1.82) is 0 Å². The van der Waals surface area contributed by atoms with Gasteiger partial charge in [-0.1, -0.05) is 13.0 Å². The predicted molar refractivity (Wildman–Crippen MR) is 74.3 cm³/mol. The van der Waals surface area contributed by atoms with E-state index in [4.69, 9.17) is 4.74 Å². The molecule has 0 aliphatic heterocycles.